The molecular formula is C22H22Cl2N4O5. The number of rotatable bonds is 8. The molecule has 1 heterocycles. The molecule has 0 bridgehead atoms. The van der Waals surface area contributed by atoms with Gasteiger partial charge in [0.25, 0.3) is 5.91 Å². The minimum absolute atomic E-state index is 0.0533. The molecule has 2 aromatic carbocycles. The van der Waals surface area contributed by atoms with Crippen molar-refractivity contribution in [3.8, 4) is 5.75 Å². The molecule has 1 fully saturated rings. The molecule has 33 heavy (non-hydrogen) atoms. The lowest BCUT2D eigenvalue weighted by Crippen LogP contribution is -2.45. The summed E-state index contributed by atoms with van der Waals surface area (Å²) in [6, 6.07) is 10.5. The van der Waals surface area contributed by atoms with Crippen LogP contribution in [0.5, 0.6) is 5.75 Å². The SMILES string of the molecule is COc1ccccc1N(CCC(N)=O)C(=O)CN1C(=O)NC(C)(c2ccc(Cl)c(Cl)c2)C1=O. The van der Waals surface area contributed by atoms with Gasteiger partial charge in [-0.05, 0) is 36.8 Å². The Kier molecular flexibility index (Phi) is 7.14. The molecule has 3 N–H and O–H groups in total. The Morgan fingerprint density at radius 1 is 1.15 bits per heavy atom. The van der Waals surface area contributed by atoms with E-state index >= 15 is 0 Å². The van der Waals surface area contributed by atoms with E-state index in [2.05, 4.69) is 5.32 Å². The third-order valence-corrected chi connectivity index (χ3v) is 6.06. The molecule has 5 amide bonds. The van der Waals surface area contributed by atoms with Crippen LogP contribution in [-0.4, -0.2) is 48.9 Å². The van der Waals surface area contributed by atoms with E-state index in [-0.39, 0.29) is 18.0 Å². The number of nitrogens with two attached hydrogens (primary N) is 1. The van der Waals surface area contributed by atoms with Crippen LogP contribution in [0.1, 0.15) is 18.9 Å². The first kappa shape index (κ1) is 24.3. The van der Waals surface area contributed by atoms with E-state index in [1.807, 2.05) is 0 Å². The van der Waals surface area contributed by atoms with Crippen LogP contribution in [0.2, 0.25) is 10.0 Å². The van der Waals surface area contributed by atoms with Gasteiger partial charge in [-0.1, -0.05) is 41.4 Å². The topological polar surface area (TPSA) is 122 Å². The number of amides is 5. The number of nitrogens with zero attached hydrogens (tertiary/aromatic N) is 2. The van der Waals surface area contributed by atoms with Gasteiger partial charge < -0.3 is 20.7 Å². The van der Waals surface area contributed by atoms with Crippen molar-refractivity contribution in [2.45, 2.75) is 18.9 Å². The molecule has 11 heteroatoms. The first-order valence-corrected chi connectivity index (χ1v) is 10.7. The number of nitrogens with one attached hydrogen (secondary N) is 1. The van der Waals surface area contributed by atoms with Crippen LogP contribution in [-0.2, 0) is 19.9 Å². The lowest BCUT2D eigenvalue weighted by molar-refractivity contribution is -0.134. The second kappa shape index (κ2) is 9.68. The number of anilines is 1. The molecule has 1 atom stereocenters. The van der Waals surface area contributed by atoms with Gasteiger partial charge in [-0.15, -0.1) is 0 Å². The molecule has 0 aromatic heterocycles. The standard InChI is InChI=1S/C22H22Cl2N4O5/c1-22(13-7-8-14(23)15(24)11-13)20(31)28(21(32)26-22)12-19(30)27(10-9-18(25)29)16-5-3-4-6-17(16)33-2/h3-8,11H,9-10,12H2,1-2H3,(H2,25,29)(H,26,32). The zero-order valence-corrected chi connectivity index (χ0v) is 19.4. The molecule has 0 aliphatic carbocycles. The van der Waals surface area contributed by atoms with Gasteiger partial charge in [0, 0.05) is 13.0 Å². The summed E-state index contributed by atoms with van der Waals surface area (Å²) in [6.45, 7) is 0.906. The Labute approximate surface area is 200 Å². The zero-order chi connectivity index (χ0) is 24.3. The van der Waals surface area contributed by atoms with Crippen molar-refractivity contribution in [2.24, 2.45) is 5.73 Å². The highest BCUT2D eigenvalue weighted by Crippen LogP contribution is 2.33. The van der Waals surface area contributed by atoms with Crippen LogP contribution < -0.4 is 20.7 Å². The fourth-order valence-electron chi connectivity index (χ4n) is 3.52. The smallest absolute Gasteiger partial charge is 0.325 e. The maximum absolute atomic E-state index is 13.2. The highest BCUT2D eigenvalue weighted by atomic mass is 35.5. The van der Waals surface area contributed by atoms with Crippen LogP contribution in [0.3, 0.4) is 0 Å². The van der Waals surface area contributed by atoms with Gasteiger partial charge in [-0.25, -0.2) is 4.79 Å². The molecule has 0 saturated carbocycles. The zero-order valence-electron chi connectivity index (χ0n) is 17.9. The van der Waals surface area contributed by atoms with Gasteiger partial charge >= 0.3 is 6.03 Å². The Hall–Kier alpha value is -3.30. The number of carbonyl (C=O) groups is 4. The van der Waals surface area contributed by atoms with E-state index in [4.69, 9.17) is 33.7 Å². The van der Waals surface area contributed by atoms with Crippen molar-refractivity contribution < 1.29 is 23.9 Å². The van der Waals surface area contributed by atoms with Gasteiger partial charge in [-0.2, -0.15) is 0 Å². The van der Waals surface area contributed by atoms with E-state index in [1.54, 1.807) is 30.3 Å². The number of benzene rings is 2. The van der Waals surface area contributed by atoms with E-state index in [9.17, 15) is 19.2 Å². The fourth-order valence-corrected chi connectivity index (χ4v) is 3.82. The monoisotopic (exact) mass is 492 g/mol. The number of carbonyl (C=O) groups excluding carboxylic acids is 4. The predicted molar refractivity (Wildman–Crippen MR) is 123 cm³/mol. The first-order chi connectivity index (χ1) is 15.6. The average molecular weight is 493 g/mol. The molecule has 1 aliphatic heterocycles. The Bertz CT molecular complexity index is 1130. The van der Waals surface area contributed by atoms with Gasteiger partial charge in [0.1, 0.15) is 17.8 Å². The molecule has 2 aromatic rings. The molecule has 3 rings (SSSR count). The lowest BCUT2D eigenvalue weighted by atomic mass is 9.92. The number of imide groups is 1. The van der Waals surface area contributed by atoms with E-state index in [1.165, 1.54) is 31.1 Å². The summed E-state index contributed by atoms with van der Waals surface area (Å²) >= 11 is 12.0. The summed E-state index contributed by atoms with van der Waals surface area (Å²) in [4.78, 5) is 52.6. The highest BCUT2D eigenvalue weighted by Gasteiger charge is 2.50. The number of primary amides is 1. The first-order valence-electron chi connectivity index (χ1n) is 9.89. The molecule has 0 radical (unpaired) electrons. The summed E-state index contributed by atoms with van der Waals surface area (Å²) < 4.78 is 5.31. The van der Waals surface area contributed by atoms with Crippen LogP contribution >= 0.6 is 23.2 Å². The van der Waals surface area contributed by atoms with Crippen LogP contribution in [0.4, 0.5) is 10.5 Å². The van der Waals surface area contributed by atoms with Crippen molar-refractivity contribution >= 4 is 52.6 Å². The Balaban J connectivity index is 1.88. The van der Waals surface area contributed by atoms with E-state index < -0.39 is 35.8 Å². The number of hydrogen-bond acceptors (Lipinski definition) is 5. The minimum atomic E-state index is -1.44. The largest absolute Gasteiger partial charge is 0.495 e. The van der Waals surface area contributed by atoms with Gasteiger partial charge in [-0.3, -0.25) is 19.3 Å². The Morgan fingerprint density at radius 3 is 2.48 bits per heavy atom. The maximum atomic E-state index is 13.2. The quantitative estimate of drug-likeness (QED) is 0.548. The van der Waals surface area contributed by atoms with Crippen molar-refractivity contribution in [3.63, 3.8) is 0 Å². The number of ether oxygens (including phenoxy) is 1. The number of urea groups is 1. The van der Waals surface area contributed by atoms with Crippen LogP contribution in [0.15, 0.2) is 42.5 Å². The predicted octanol–water partition coefficient (Wildman–Crippen LogP) is 2.68. The summed E-state index contributed by atoms with van der Waals surface area (Å²) in [6.07, 6.45) is -0.120. The second-order valence-electron chi connectivity index (χ2n) is 7.51. The Morgan fingerprint density at radius 2 is 1.85 bits per heavy atom. The molecule has 1 unspecified atom stereocenters. The van der Waals surface area contributed by atoms with Gasteiger partial charge in [0.2, 0.25) is 11.8 Å². The number of para-hydroxylation sites is 2. The van der Waals surface area contributed by atoms with Crippen LogP contribution in [0.25, 0.3) is 0 Å². The highest BCUT2D eigenvalue weighted by molar-refractivity contribution is 6.42. The lowest BCUT2D eigenvalue weighted by Gasteiger charge is -2.26. The average Bonchev–Trinajstić information content (AvgIpc) is 2.99. The fraction of sp³-hybridized carbons (Fsp3) is 0.273. The number of hydrogen-bond donors (Lipinski definition) is 2. The van der Waals surface area contributed by atoms with Crippen molar-refractivity contribution in [3.05, 3.63) is 58.1 Å². The van der Waals surface area contributed by atoms with E-state index in [0.29, 0.717) is 22.0 Å². The molecule has 174 valence electrons. The van der Waals surface area contributed by atoms with Crippen LogP contribution in [0, 0.1) is 0 Å². The normalized spacial score (nSPS) is 17.6. The summed E-state index contributed by atoms with van der Waals surface area (Å²) in [5, 5.41) is 3.14. The van der Waals surface area contributed by atoms with Crippen molar-refractivity contribution in [2.75, 3.05) is 25.1 Å². The number of halogens is 2. The molecule has 9 nitrogen and oxygen atoms in total. The maximum Gasteiger partial charge on any atom is 0.325 e. The second-order valence-corrected chi connectivity index (χ2v) is 8.32. The molecule has 1 saturated heterocycles. The number of methoxy groups -OCH3 is 1. The molecule has 1 aliphatic rings. The van der Waals surface area contributed by atoms with Crippen molar-refractivity contribution in [1.82, 2.24) is 10.2 Å². The minimum Gasteiger partial charge on any atom is -0.495 e. The van der Waals surface area contributed by atoms with E-state index in [0.717, 1.165) is 4.90 Å². The summed E-state index contributed by atoms with van der Waals surface area (Å²) in [7, 11) is 1.44. The van der Waals surface area contributed by atoms with Gasteiger partial charge in [0.05, 0.1) is 22.8 Å². The molecular weight excluding hydrogens is 471 g/mol. The van der Waals surface area contributed by atoms with Gasteiger partial charge in [0.15, 0.2) is 0 Å². The molecule has 0 spiro atoms. The van der Waals surface area contributed by atoms with Crippen molar-refractivity contribution in [1.29, 1.82) is 0 Å². The summed E-state index contributed by atoms with van der Waals surface area (Å²) in [5.41, 5.74) is 4.62. The third-order valence-electron chi connectivity index (χ3n) is 5.32. The third kappa shape index (κ3) is 4.89. The summed E-state index contributed by atoms with van der Waals surface area (Å²) in [5.74, 6) is -1.45.